The Morgan fingerprint density at radius 1 is 0.277 bits per heavy atom. The van der Waals surface area contributed by atoms with Gasteiger partial charge in [-0.15, -0.1) is 0 Å². The molecule has 0 aromatic heterocycles. The van der Waals surface area contributed by atoms with E-state index in [9.17, 15) is 0 Å². The van der Waals surface area contributed by atoms with E-state index in [0.29, 0.717) is 0 Å². The minimum Gasteiger partial charge on any atom is -0.465 e. The van der Waals surface area contributed by atoms with E-state index in [1.54, 1.807) is 0 Å². The fourth-order valence-electron chi connectivity index (χ4n) is 26.0. The molecule has 0 spiro atoms. The highest BCUT2D eigenvalue weighted by molar-refractivity contribution is 9.10. The second kappa shape index (κ2) is 8.87. The first-order chi connectivity index (χ1) is 40.8. The van der Waals surface area contributed by atoms with Crippen LogP contribution < -0.4 is 0 Å². The number of hydrogen-bond donors (Lipinski definition) is 0. The molecule has 2 atom stereocenters. The van der Waals surface area contributed by atoms with Gasteiger partial charge in [0, 0.05) is 0 Å². The number of hydrogen-bond acceptors (Lipinski definition) is 8. The molecule has 32 rings (SSSR count). The van der Waals surface area contributed by atoms with Crippen molar-refractivity contribution in [2.24, 2.45) is 5.92 Å². The van der Waals surface area contributed by atoms with Crippen molar-refractivity contribution in [1.82, 2.24) is 0 Å². The molecule has 0 aliphatic heterocycles. The molecular weight excluding hydrogens is 1100 g/mol. The number of rotatable bonds is 10. The van der Waals surface area contributed by atoms with Gasteiger partial charge in [0.05, 0.1) is 37.3 Å². The summed E-state index contributed by atoms with van der Waals surface area (Å²) in [7, 11) is 0. The quantitative estimate of drug-likeness (QED) is 0.0438. The van der Waals surface area contributed by atoms with Crippen molar-refractivity contribution in [1.29, 1.82) is 0 Å². The molecule has 0 radical (unpaired) electrons. The SMILES string of the molecule is CCOC(=O)C(C(=O)OCC)C12c3c4c5c6c7c8c9c%10c(c1c1c%11c2c2c%12c3c5c3c5c%12c%12c2c2c%11c%11c%13c1c%10c1c%10c9c9c7c7c6c3c3c5c5c%12c6c2c%11c2c(c%131)c1c%10c9c9c7c3c3c9c1c2c6c53)C48C(Br)(C(=O)OCC)C(=O)OCC. The Hall–Kier alpha value is -9.18. The number of halogens is 1. The number of ether oxygens (including phenoxy) is 4. The lowest BCUT2D eigenvalue weighted by Crippen LogP contribution is -2.63. The molecule has 372 valence electrons. The summed E-state index contributed by atoms with van der Waals surface area (Å²) in [5, 5.41) is 67.6. The van der Waals surface area contributed by atoms with Crippen LogP contribution in [0.15, 0.2) is 0 Å². The highest BCUT2D eigenvalue weighted by Crippen LogP contribution is 2.86. The first-order valence-electron chi connectivity index (χ1n) is 29.9. The van der Waals surface area contributed by atoms with Crippen LogP contribution in [0.25, 0.3) is 280 Å². The third-order valence-electron chi connectivity index (χ3n) is 26.4. The normalized spacial score (nSPS) is 20.2. The Labute approximate surface area is 463 Å². The predicted octanol–water partition coefficient (Wildman–Crippen LogP) is 17.0. The molecule has 0 saturated carbocycles. The lowest BCUT2D eigenvalue weighted by molar-refractivity contribution is -0.165. The predicted molar refractivity (Wildman–Crippen MR) is 334 cm³/mol. The first kappa shape index (κ1) is 36.3. The van der Waals surface area contributed by atoms with Gasteiger partial charge < -0.3 is 18.9 Å². The first-order valence-corrected chi connectivity index (χ1v) is 30.7. The molecule has 0 amide bonds. The molecule has 27 aromatic carbocycles. The van der Waals surface area contributed by atoms with Crippen LogP contribution in [0, 0.1) is 5.92 Å². The number of carbonyl (C=O) groups excluding carboxylic acids is 4. The summed E-state index contributed by atoms with van der Waals surface area (Å²) in [6.45, 7) is 7.45. The van der Waals surface area contributed by atoms with Crippen LogP contribution in [0.2, 0.25) is 0 Å². The lowest BCUT2D eigenvalue weighted by Gasteiger charge is -2.53. The average molecular weight is 1120 g/mol. The van der Waals surface area contributed by atoms with Gasteiger partial charge in [0.2, 0.25) is 4.32 Å². The summed E-state index contributed by atoms with van der Waals surface area (Å²) in [5.74, 6) is -4.18. The van der Waals surface area contributed by atoms with E-state index in [1.165, 1.54) is 232 Å². The summed E-state index contributed by atoms with van der Waals surface area (Å²) < 4.78 is 23.7. The maximum atomic E-state index is 16.6. The van der Waals surface area contributed by atoms with Crippen molar-refractivity contribution in [3.8, 4) is 0 Å². The summed E-state index contributed by atoms with van der Waals surface area (Å²) in [6, 6.07) is 0. The molecule has 0 heterocycles. The lowest BCUT2D eigenvalue weighted by atomic mass is 9.48. The van der Waals surface area contributed by atoms with Crippen LogP contribution in [0.5, 0.6) is 0 Å². The Kier molecular flexibility index (Phi) is 3.88. The molecule has 0 N–H and O–H groups in total. The Bertz CT molecular complexity index is 7780. The Balaban J connectivity index is 1.11. The molecule has 0 bridgehead atoms. The van der Waals surface area contributed by atoms with Crippen LogP contribution in [-0.4, -0.2) is 54.6 Å². The summed E-state index contributed by atoms with van der Waals surface area (Å²) in [6.07, 6.45) is 0. The van der Waals surface area contributed by atoms with Crippen molar-refractivity contribution in [2.45, 2.75) is 42.8 Å². The Morgan fingerprint density at radius 3 is 0.735 bits per heavy atom. The number of carbonyl (C=O) groups is 4. The van der Waals surface area contributed by atoms with Crippen LogP contribution in [0.4, 0.5) is 0 Å². The molecular formula is C74H21BrO8. The molecule has 2 unspecified atom stereocenters. The van der Waals surface area contributed by atoms with E-state index < -0.39 is 44.9 Å². The molecule has 5 aliphatic carbocycles. The van der Waals surface area contributed by atoms with E-state index in [0.717, 1.165) is 81.9 Å². The maximum absolute atomic E-state index is 16.6. The van der Waals surface area contributed by atoms with Gasteiger partial charge >= 0.3 is 23.9 Å². The van der Waals surface area contributed by atoms with E-state index in [2.05, 4.69) is 15.9 Å². The van der Waals surface area contributed by atoms with Gasteiger partial charge in [-0.3, -0.25) is 9.59 Å². The van der Waals surface area contributed by atoms with Crippen molar-refractivity contribution in [3.05, 3.63) is 33.4 Å². The Morgan fingerprint density at radius 2 is 0.458 bits per heavy atom. The second-order valence-electron chi connectivity index (χ2n) is 27.3. The van der Waals surface area contributed by atoms with Gasteiger partial charge in [-0.25, -0.2) is 9.59 Å². The zero-order valence-electron chi connectivity index (χ0n) is 43.5. The highest BCUT2D eigenvalue weighted by Gasteiger charge is 2.78. The fraction of sp³-hybridized carbons (Fsp3) is 0.162. The maximum Gasteiger partial charge on any atom is 0.336 e. The molecule has 0 fully saturated rings. The van der Waals surface area contributed by atoms with E-state index in [4.69, 9.17) is 18.9 Å². The van der Waals surface area contributed by atoms with E-state index >= 15 is 19.2 Å². The number of alkyl halides is 1. The minimum absolute atomic E-state index is 0.0217. The van der Waals surface area contributed by atoms with Gasteiger partial charge in [-0.2, -0.15) is 0 Å². The molecule has 8 nitrogen and oxygen atoms in total. The zero-order valence-corrected chi connectivity index (χ0v) is 45.1. The van der Waals surface area contributed by atoms with Crippen LogP contribution in [-0.2, 0) is 49.0 Å². The smallest absolute Gasteiger partial charge is 0.336 e. The molecule has 9 heteroatoms. The number of benzene rings is 17. The van der Waals surface area contributed by atoms with E-state index in [1.807, 2.05) is 27.7 Å². The van der Waals surface area contributed by atoms with Gasteiger partial charge in [0.1, 0.15) is 0 Å². The van der Waals surface area contributed by atoms with E-state index in [-0.39, 0.29) is 26.4 Å². The van der Waals surface area contributed by atoms with Crippen molar-refractivity contribution < 1.29 is 38.1 Å². The molecule has 83 heavy (non-hydrogen) atoms. The molecule has 0 saturated heterocycles. The fourth-order valence-corrected chi connectivity index (χ4v) is 26.8. The average Bonchev–Trinajstić information content (AvgIpc) is 1.39. The van der Waals surface area contributed by atoms with Crippen molar-refractivity contribution in [3.63, 3.8) is 0 Å². The third-order valence-corrected chi connectivity index (χ3v) is 27.7. The second-order valence-corrected chi connectivity index (χ2v) is 28.5. The van der Waals surface area contributed by atoms with Crippen LogP contribution >= 0.6 is 15.9 Å². The van der Waals surface area contributed by atoms with Gasteiger partial charge in [0.25, 0.3) is 0 Å². The summed E-state index contributed by atoms with van der Waals surface area (Å²) in [4.78, 5) is 66.1. The monoisotopic (exact) mass is 1120 g/mol. The van der Waals surface area contributed by atoms with Crippen LogP contribution in [0.1, 0.15) is 61.1 Å². The minimum atomic E-state index is -2.23. The van der Waals surface area contributed by atoms with Crippen molar-refractivity contribution >= 4 is 320 Å². The standard InChI is InChI=1S/C74H21BrO8/c1-5-80-68(76)67(69(77)81-6-2)72-61-53-44-37-24-17-11-12-14-10-9-13(11)22(24)28-26-15(9)19-16(10)27-29-23(14)25-18(12)21-20(17)31-39-32(21)41-38(25)45-43(29)47-34(27)36-30(19)35-33(26)46(42(28)44)57(61)59-48(35)49(36)60-58(47)62-54(45)51(41)56-52(39)55(50(53)40(31)37)63(72)65(56)73(62,66(60)64(59)72)74(75,70(78)82-7-3)71(79)83-8-4/h67H,5-8H2,1-4H3. The van der Waals surface area contributed by atoms with Gasteiger partial charge in [-0.1, -0.05) is 15.9 Å². The van der Waals surface area contributed by atoms with Gasteiger partial charge in [0.15, 0.2) is 5.92 Å². The third kappa shape index (κ3) is 2.17. The zero-order chi connectivity index (χ0) is 52.5. The largest absolute Gasteiger partial charge is 0.465 e. The topological polar surface area (TPSA) is 105 Å². The van der Waals surface area contributed by atoms with Gasteiger partial charge in [-0.05, 0) is 341 Å². The number of esters is 4. The summed E-state index contributed by atoms with van der Waals surface area (Å²) in [5.41, 5.74) is 2.15. The highest BCUT2D eigenvalue weighted by atomic mass is 79.9. The van der Waals surface area contributed by atoms with Crippen LogP contribution in [0.3, 0.4) is 0 Å². The molecule has 5 aliphatic rings. The summed E-state index contributed by atoms with van der Waals surface area (Å²) >= 11 is 4.39. The van der Waals surface area contributed by atoms with Crippen molar-refractivity contribution in [2.75, 3.05) is 26.4 Å². The molecule has 27 aromatic rings.